The van der Waals surface area contributed by atoms with Gasteiger partial charge < -0.3 is 4.74 Å². The van der Waals surface area contributed by atoms with Crippen LogP contribution in [-0.4, -0.2) is 25.3 Å². The summed E-state index contributed by atoms with van der Waals surface area (Å²) in [5.41, 5.74) is 0. The third kappa shape index (κ3) is 1.24. The van der Waals surface area contributed by atoms with Crippen LogP contribution in [0.4, 0.5) is 0 Å². The van der Waals surface area contributed by atoms with Crippen LogP contribution in [0.2, 0.25) is 0 Å². The maximum absolute atomic E-state index is 10.9. The molecule has 3 nitrogen and oxygen atoms in total. The summed E-state index contributed by atoms with van der Waals surface area (Å²) in [6.07, 6.45) is 0.819. The smallest absolute Gasteiger partial charge is 0.146 e. The Morgan fingerprint density at radius 3 is 2.30 bits per heavy atom. The van der Waals surface area contributed by atoms with Crippen molar-refractivity contribution in [1.29, 1.82) is 0 Å². The Morgan fingerprint density at radius 1 is 1.40 bits per heavy atom. The Hall–Kier alpha value is -0.700. The Balaban J connectivity index is 2.54. The number of ketones is 2. The lowest BCUT2D eigenvalue weighted by molar-refractivity contribution is -0.129. The van der Waals surface area contributed by atoms with E-state index < -0.39 is 5.92 Å². The second-order valence-electron chi connectivity index (χ2n) is 2.44. The van der Waals surface area contributed by atoms with E-state index in [0.29, 0.717) is 12.8 Å². The van der Waals surface area contributed by atoms with E-state index in [1.165, 1.54) is 7.11 Å². The predicted octanol–water partition coefficient (Wildman–Crippen LogP) is 0.181. The van der Waals surface area contributed by atoms with Gasteiger partial charge in [0.25, 0.3) is 0 Å². The van der Waals surface area contributed by atoms with Crippen LogP contribution in [0.3, 0.4) is 0 Å². The molecule has 0 unspecified atom stereocenters. The summed E-state index contributed by atoms with van der Waals surface area (Å²) in [5, 5.41) is 0. The van der Waals surface area contributed by atoms with Gasteiger partial charge in [-0.3, -0.25) is 9.59 Å². The van der Waals surface area contributed by atoms with E-state index in [2.05, 4.69) is 0 Å². The number of carbonyl (C=O) groups excluding carboxylic acids is 2. The summed E-state index contributed by atoms with van der Waals surface area (Å²) in [4.78, 5) is 21.7. The monoisotopic (exact) mass is 142 g/mol. The van der Waals surface area contributed by atoms with E-state index in [4.69, 9.17) is 4.74 Å². The molecule has 1 aliphatic carbocycles. The van der Waals surface area contributed by atoms with Crippen LogP contribution in [0.15, 0.2) is 0 Å². The lowest BCUT2D eigenvalue weighted by Gasteiger charge is -2.02. The quantitative estimate of drug-likeness (QED) is 0.516. The summed E-state index contributed by atoms with van der Waals surface area (Å²) in [5.74, 6) is -0.385. The van der Waals surface area contributed by atoms with Crippen LogP contribution >= 0.6 is 0 Å². The molecule has 0 atom stereocenters. The molecule has 0 aromatic carbocycles. The standard InChI is InChI=1S/C7H10O3/c1-10-4-5-6(8)2-3-7(5)9/h5H,2-4H2,1H3. The molecule has 0 aromatic rings. The van der Waals surface area contributed by atoms with Crippen LogP contribution in [-0.2, 0) is 14.3 Å². The number of methoxy groups -OCH3 is 1. The lowest BCUT2D eigenvalue weighted by atomic mass is 10.1. The fourth-order valence-electron chi connectivity index (χ4n) is 1.13. The maximum atomic E-state index is 10.9. The maximum Gasteiger partial charge on any atom is 0.146 e. The Labute approximate surface area is 59.4 Å². The molecule has 0 aliphatic heterocycles. The SMILES string of the molecule is COCC1C(=O)CCC1=O. The molecular weight excluding hydrogens is 132 g/mol. The van der Waals surface area contributed by atoms with Gasteiger partial charge in [0.2, 0.25) is 0 Å². The van der Waals surface area contributed by atoms with Gasteiger partial charge in [0.1, 0.15) is 11.6 Å². The van der Waals surface area contributed by atoms with Crippen molar-refractivity contribution in [3.05, 3.63) is 0 Å². The summed E-state index contributed by atoms with van der Waals surface area (Å²) in [6, 6.07) is 0. The summed E-state index contributed by atoms with van der Waals surface area (Å²) >= 11 is 0. The highest BCUT2D eigenvalue weighted by molar-refractivity contribution is 6.08. The van der Waals surface area contributed by atoms with Gasteiger partial charge in [-0.1, -0.05) is 0 Å². The van der Waals surface area contributed by atoms with E-state index in [0.717, 1.165) is 0 Å². The minimum Gasteiger partial charge on any atom is -0.383 e. The molecular formula is C7H10O3. The molecule has 0 heterocycles. The molecule has 0 aromatic heterocycles. The van der Waals surface area contributed by atoms with Crippen molar-refractivity contribution in [2.75, 3.05) is 13.7 Å². The number of carbonyl (C=O) groups is 2. The highest BCUT2D eigenvalue weighted by Gasteiger charge is 2.32. The molecule has 0 bridgehead atoms. The molecule has 3 heteroatoms. The van der Waals surface area contributed by atoms with Crippen LogP contribution < -0.4 is 0 Å². The number of Topliss-reactive ketones (excluding diaryl/α,β-unsaturated/α-hetero) is 2. The van der Waals surface area contributed by atoms with Crippen molar-refractivity contribution in [2.24, 2.45) is 5.92 Å². The third-order valence-corrected chi connectivity index (χ3v) is 1.73. The van der Waals surface area contributed by atoms with Gasteiger partial charge in [-0.25, -0.2) is 0 Å². The van der Waals surface area contributed by atoms with Crippen molar-refractivity contribution in [2.45, 2.75) is 12.8 Å². The highest BCUT2D eigenvalue weighted by Crippen LogP contribution is 2.17. The van der Waals surface area contributed by atoms with E-state index in [1.807, 2.05) is 0 Å². The first-order chi connectivity index (χ1) is 4.75. The van der Waals surface area contributed by atoms with Crippen molar-refractivity contribution >= 4 is 11.6 Å². The second kappa shape index (κ2) is 2.92. The summed E-state index contributed by atoms with van der Waals surface area (Å²) in [7, 11) is 1.50. The molecule has 0 saturated heterocycles. The highest BCUT2D eigenvalue weighted by atomic mass is 16.5. The fourth-order valence-corrected chi connectivity index (χ4v) is 1.13. The van der Waals surface area contributed by atoms with E-state index in [1.54, 1.807) is 0 Å². The van der Waals surface area contributed by atoms with Crippen molar-refractivity contribution in [3.63, 3.8) is 0 Å². The van der Waals surface area contributed by atoms with Gasteiger partial charge in [0.05, 0.1) is 12.5 Å². The van der Waals surface area contributed by atoms with Crippen LogP contribution in [0, 0.1) is 5.92 Å². The van der Waals surface area contributed by atoms with E-state index in [-0.39, 0.29) is 18.2 Å². The number of hydrogen-bond acceptors (Lipinski definition) is 3. The fraction of sp³-hybridized carbons (Fsp3) is 0.714. The molecule has 56 valence electrons. The van der Waals surface area contributed by atoms with Gasteiger partial charge in [0, 0.05) is 20.0 Å². The molecule has 0 N–H and O–H groups in total. The van der Waals surface area contributed by atoms with Crippen LogP contribution in [0.25, 0.3) is 0 Å². The zero-order chi connectivity index (χ0) is 7.56. The number of hydrogen-bond donors (Lipinski definition) is 0. The number of rotatable bonds is 2. The Kier molecular flexibility index (Phi) is 2.17. The van der Waals surface area contributed by atoms with Gasteiger partial charge in [-0.15, -0.1) is 0 Å². The summed E-state index contributed by atoms with van der Waals surface area (Å²) in [6.45, 7) is 0.262. The average Bonchev–Trinajstić information content (AvgIpc) is 2.20. The van der Waals surface area contributed by atoms with Crippen molar-refractivity contribution < 1.29 is 14.3 Å². The largest absolute Gasteiger partial charge is 0.383 e. The average molecular weight is 142 g/mol. The van der Waals surface area contributed by atoms with Crippen LogP contribution in [0.1, 0.15) is 12.8 Å². The molecule has 0 spiro atoms. The molecule has 0 amide bonds. The number of ether oxygens (including phenoxy) is 1. The first kappa shape index (κ1) is 7.41. The predicted molar refractivity (Wildman–Crippen MR) is 34.6 cm³/mol. The first-order valence-electron chi connectivity index (χ1n) is 3.30. The summed E-state index contributed by atoms with van der Waals surface area (Å²) < 4.78 is 4.72. The van der Waals surface area contributed by atoms with Gasteiger partial charge in [-0.05, 0) is 0 Å². The van der Waals surface area contributed by atoms with E-state index in [9.17, 15) is 9.59 Å². The Bertz CT molecular complexity index is 146. The van der Waals surface area contributed by atoms with Gasteiger partial charge in [-0.2, -0.15) is 0 Å². The molecule has 10 heavy (non-hydrogen) atoms. The Morgan fingerprint density at radius 2 is 1.90 bits per heavy atom. The molecule has 1 fully saturated rings. The van der Waals surface area contributed by atoms with Crippen molar-refractivity contribution in [1.82, 2.24) is 0 Å². The lowest BCUT2D eigenvalue weighted by Crippen LogP contribution is -2.19. The first-order valence-corrected chi connectivity index (χ1v) is 3.30. The zero-order valence-corrected chi connectivity index (χ0v) is 5.92. The van der Waals surface area contributed by atoms with Gasteiger partial charge in [0.15, 0.2) is 0 Å². The molecule has 1 aliphatic rings. The van der Waals surface area contributed by atoms with E-state index >= 15 is 0 Å². The third-order valence-electron chi connectivity index (χ3n) is 1.73. The second-order valence-corrected chi connectivity index (χ2v) is 2.44. The minimum atomic E-state index is -0.454. The molecule has 1 saturated carbocycles. The molecule has 1 rings (SSSR count). The normalized spacial score (nSPS) is 20.5. The minimum absolute atomic E-state index is 0.0341. The van der Waals surface area contributed by atoms with Crippen LogP contribution in [0.5, 0.6) is 0 Å². The zero-order valence-electron chi connectivity index (χ0n) is 5.92. The van der Waals surface area contributed by atoms with Crippen molar-refractivity contribution in [3.8, 4) is 0 Å². The topological polar surface area (TPSA) is 43.4 Å². The van der Waals surface area contributed by atoms with Gasteiger partial charge >= 0.3 is 0 Å². The molecule has 0 radical (unpaired) electrons.